The number of alkyl halides is 1. The van der Waals surface area contributed by atoms with Crippen molar-refractivity contribution in [3.63, 3.8) is 0 Å². The number of halogens is 1. The van der Waals surface area contributed by atoms with Crippen molar-refractivity contribution in [1.29, 1.82) is 0 Å². The lowest BCUT2D eigenvalue weighted by atomic mass is 10.6. The monoisotopic (exact) mass is 164 g/mol. The highest BCUT2D eigenvalue weighted by atomic mass is 79.9. The van der Waals surface area contributed by atoms with Crippen molar-refractivity contribution in [2.45, 2.75) is 4.95 Å². The van der Waals surface area contributed by atoms with Gasteiger partial charge in [-0.1, -0.05) is 15.9 Å². The first-order valence-electron chi connectivity index (χ1n) is 2.01. The molecule has 0 aromatic heterocycles. The Bertz CT molecular complexity index is 60.7. The van der Waals surface area contributed by atoms with E-state index in [0.717, 1.165) is 0 Å². The van der Waals surface area contributed by atoms with Gasteiger partial charge in [0, 0.05) is 7.05 Å². The summed E-state index contributed by atoms with van der Waals surface area (Å²) >= 11 is 3.13. The van der Waals surface area contributed by atoms with Crippen molar-refractivity contribution < 1.29 is 0 Å². The molecule has 3 heteroatoms. The first-order chi connectivity index (χ1) is 3.27. The summed E-state index contributed by atoms with van der Waals surface area (Å²) < 4.78 is 0. The maximum atomic E-state index is 5.27. The minimum atomic E-state index is -0.0278. The molecule has 0 aliphatic heterocycles. The molecule has 0 spiro atoms. The summed E-state index contributed by atoms with van der Waals surface area (Å²) in [6, 6.07) is 0. The Hall–Kier alpha value is -0.0200. The molecule has 0 aromatic rings. The molecule has 42 valence electrons. The smallest absolute Gasteiger partial charge is 0.0808 e. The number of hydrogen-bond donors (Lipinski definition) is 2. The van der Waals surface area contributed by atoms with Gasteiger partial charge < -0.3 is 11.1 Å². The van der Waals surface area contributed by atoms with Gasteiger partial charge in [0.15, 0.2) is 0 Å². The fraction of sp³-hybridized carbons (Fsp3) is 0.500. The highest BCUT2D eigenvalue weighted by Crippen LogP contribution is 1.88. The van der Waals surface area contributed by atoms with Crippen LogP contribution in [0.3, 0.4) is 0 Å². The molecule has 3 N–H and O–H groups in total. The van der Waals surface area contributed by atoms with Crippen LogP contribution in [-0.2, 0) is 0 Å². The predicted molar refractivity (Wildman–Crippen MR) is 35.1 cm³/mol. The first kappa shape index (κ1) is 6.98. The topological polar surface area (TPSA) is 38.0 Å². The number of hydrogen-bond acceptors (Lipinski definition) is 2. The summed E-state index contributed by atoms with van der Waals surface area (Å²) in [5.41, 5.74) is 5.27. The molecule has 0 amide bonds. The van der Waals surface area contributed by atoms with E-state index in [-0.39, 0.29) is 4.95 Å². The van der Waals surface area contributed by atoms with E-state index in [0.29, 0.717) is 0 Å². The van der Waals surface area contributed by atoms with Crippen LogP contribution in [0.5, 0.6) is 0 Å². The molecule has 2 nitrogen and oxygen atoms in total. The molecule has 1 unspecified atom stereocenters. The van der Waals surface area contributed by atoms with E-state index in [1.807, 2.05) is 7.05 Å². The molecule has 0 heterocycles. The van der Waals surface area contributed by atoms with Crippen LogP contribution in [0.15, 0.2) is 12.3 Å². The normalized spacial score (nSPS) is 14.7. The Kier molecular flexibility index (Phi) is 4.14. The molecule has 0 saturated heterocycles. The van der Waals surface area contributed by atoms with E-state index in [9.17, 15) is 0 Å². The van der Waals surface area contributed by atoms with Crippen LogP contribution in [0.1, 0.15) is 0 Å². The van der Waals surface area contributed by atoms with Gasteiger partial charge in [-0.25, -0.2) is 0 Å². The molecule has 0 aromatic carbocycles. The van der Waals surface area contributed by atoms with Crippen LogP contribution in [0.4, 0.5) is 0 Å². The Balaban J connectivity index is 3.08. The molecule has 0 saturated carbocycles. The number of nitrogens with one attached hydrogen (secondary N) is 1. The second-order valence-corrected chi connectivity index (χ2v) is 2.15. The fourth-order valence-electron chi connectivity index (χ4n) is 0.188. The summed E-state index contributed by atoms with van der Waals surface area (Å²) in [6.07, 6.45) is 3.58. The zero-order valence-electron chi connectivity index (χ0n) is 4.19. The van der Waals surface area contributed by atoms with E-state index < -0.39 is 0 Å². The highest BCUT2D eigenvalue weighted by molar-refractivity contribution is 9.09. The van der Waals surface area contributed by atoms with Gasteiger partial charge in [0.1, 0.15) is 0 Å². The zero-order chi connectivity index (χ0) is 5.70. The van der Waals surface area contributed by atoms with Crippen molar-refractivity contribution in [2.24, 2.45) is 5.73 Å². The molecule has 1 atom stereocenters. The fourth-order valence-corrected chi connectivity index (χ4v) is 0.341. The van der Waals surface area contributed by atoms with Crippen molar-refractivity contribution in [1.82, 2.24) is 5.32 Å². The van der Waals surface area contributed by atoms with Crippen LogP contribution in [0.25, 0.3) is 0 Å². The average Bonchev–Trinajstić information content (AvgIpc) is 1.61. The van der Waals surface area contributed by atoms with Crippen LogP contribution >= 0.6 is 15.9 Å². The quantitative estimate of drug-likeness (QED) is 0.459. The van der Waals surface area contributed by atoms with Gasteiger partial charge in [0.25, 0.3) is 0 Å². The molecule has 0 aliphatic rings. The third kappa shape index (κ3) is 5.98. The molecule has 0 aliphatic carbocycles. The van der Waals surface area contributed by atoms with Crippen LogP contribution in [0.2, 0.25) is 0 Å². The third-order valence-corrected chi connectivity index (χ3v) is 0.752. The van der Waals surface area contributed by atoms with Gasteiger partial charge in [0.05, 0.1) is 4.95 Å². The van der Waals surface area contributed by atoms with Gasteiger partial charge in [-0.2, -0.15) is 0 Å². The summed E-state index contributed by atoms with van der Waals surface area (Å²) in [4.78, 5) is -0.0278. The highest BCUT2D eigenvalue weighted by Gasteiger charge is 1.80. The second-order valence-electron chi connectivity index (χ2n) is 1.09. The predicted octanol–water partition coefficient (Wildman–Crippen LogP) is 0.399. The molecular weight excluding hydrogens is 156 g/mol. The summed E-state index contributed by atoms with van der Waals surface area (Å²) in [5.74, 6) is 0. The summed E-state index contributed by atoms with van der Waals surface area (Å²) in [7, 11) is 1.83. The average molecular weight is 165 g/mol. The first-order valence-corrected chi connectivity index (χ1v) is 2.92. The van der Waals surface area contributed by atoms with Crippen molar-refractivity contribution in [3.8, 4) is 0 Å². The van der Waals surface area contributed by atoms with Gasteiger partial charge in [-0.15, -0.1) is 0 Å². The minimum Gasteiger partial charge on any atom is -0.394 e. The molecule has 0 radical (unpaired) electrons. The van der Waals surface area contributed by atoms with Gasteiger partial charge in [-0.05, 0) is 12.3 Å². The Morgan fingerprint density at radius 1 is 1.86 bits per heavy atom. The summed E-state index contributed by atoms with van der Waals surface area (Å²) in [5, 5.41) is 2.81. The maximum absolute atomic E-state index is 5.27. The van der Waals surface area contributed by atoms with Gasteiger partial charge >= 0.3 is 0 Å². The maximum Gasteiger partial charge on any atom is 0.0808 e. The van der Waals surface area contributed by atoms with E-state index in [2.05, 4.69) is 21.2 Å². The van der Waals surface area contributed by atoms with Crippen molar-refractivity contribution >= 4 is 15.9 Å². The lowest BCUT2D eigenvalue weighted by molar-refractivity contribution is 1.07. The molecule has 0 fully saturated rings. The lowest BCUT2D eigenvalue weighted by Gasteiger charge is -1.89. The van der Waals surface area contributed by atoms with E-state index in [1.54, 1.807) is 12.3 Å². The third-order valence-electron chi connectivity index (χ3n) is 0.447. The lowest BCUT2D eigenvalue weighted by Crippen LogP contribution is -2.07. The Morgan fingerprint density at radius 2 is 2.43 bits per heavy atom. The summed E-state index contributed by atoms with van der Waals surface area (Å²) in [6.45, 7) is 0. The Labute approximate surface area is 51.9 Å². The van der Waals surface area contributed by atoms with Gasteiger partial charge in [0.2, 0.25) is 0 Å². The van der Waals surface area contributed by atoms with Crippen LogP contribution < -0.4 is 11.1 Å². The van der Waals surface area contributed by atoms with E-state index in [4.69, 9.17) is 5.73 Å². The van der Waals surface area contributed by atoms with Crippen molar-refractivity contribution in [3.05, 3.63) is 12.3 Å². The van der Waals surface area contributed by atoms with Crippen LogP contribution in [0, 0.1) is 0 Å². The zero-order valence-corrected chi connectivity index (χ0v) is 5.77. The number of nitrogens with two attached hydrogens (primary N) is 1. The SMILES string of the molecule is CN/C=C\C(N)Br. The molecular formula is C4H9BrN2. The van der Waals surface area contributed by atoms with Gasteiger partial charge in [-0.3, -0.25) is 0 Å². The minimum absolute atomic E-state index is 0.0278. The molecule has 7 heavy (non-hydrogen) atoms. The molecule has 0 bridgehead atoms. The second kappa shape index (κ2) is 4.15. The van der Waals surface area contributed by atoms with Crippen molar-refractivity contribution in [2.75, 3.05) is 7.05 Å². The standard InChI is InChI=1S/C4H9BrN2/c1-7-3-2-4(5)6/h2-4,7H,6H2,1H3/b3-2-. The largest absolute Gasteiger partial charge is 0.394 e. The number of rotatable bonds is 2. The van der Waals surface area contributed by atoms with Crippen LogP contribution in [-0.4, -0.2) is 12.0 Å². The van der Waals surface area contributed by atoms with E-state index >= 15 is 0 Å². The van der Waals surface area contributed by atoms with E-state index in [1.165, 1.54) is 0 Å². The molecule has 0 rings (SSSR count). The Morgan fingerprint density at radius 3 is 2.57 bits per heavy atom.